The Bertz CT molecular complexity index is 207. The summed E-state index contributed by atoms with van der Waals surface area (Å²) >= 11 is 0. The zero-order valence-electron chi connectivity index (χ0n) is 9.91. The normalized spacial score (nSPS) is 29.5. The molecule has 2 atom stereocenters. The minimum atomic E-state index is 0.642. The van der Waals surface area contributed by atoms with E-state index in [0.29, 0.717) is 12.1 Å². The van der Waals surface area contributed by atoms with Gasteiger partial charge < -0.3 is 5.32 Å². The van der Waals surface area contributed by atoms with E-state index in [1.54, 1.807) is 0 Å². The van der Waals surface area contributed by atoms with E-state index < -0.39 is 0 Å². The largest absolute Gasteiger partial charge is 0.309 e. The van der Waals surface area contributed by atoms with Crippen LogP contribution in [0.3, 0.4) is 0 Å². The predicted octanol–water partition coefficient (Wildman–Crippen LogP) is 2.17. The third-order valence-corrected chi connectivity index (χ3v) is 3.69. The van der Waals surface area contributed by atoms with Crippen molar-refractivity contribution in [1.82, 2.24) is 10.2 Å². The molecule has 0 radical (unpaired) electrons. The molecule has 2 nitrogen and oxygen atoms in total. The van der Waals surface area contributed by atoms with Crippen molar-refractivity contribution in [2.24, 2.45) is 0 Å². The number of likely N-dealkylation sites (tertiary alicyclic amines) is 1. The van der Waals surface area contributed by atoms with Crippen molar-refractivity contribution in [2.45, 2.75) is 51.1 Å². The van der Waals surface area contributed by atoms with Gasteiger partial charge in [-0.2, -0.15) is 0 Å². The van der Waals surface area contributed by atoms with Crippen LogP contribution in [0, 0.1) is 0 Å². The molecule has 0 aromatic carbocycles. The summed E-state index contributed by atoms with van der Waals surface area (Å²) in [6.07, 6.45) is 11.4. The van der Waals surface area contributed by atoms with Crippen LogP contribution in [0.4, 0.5) is 0 Å². The van der Waals surface area contributed by atoms with Crippen molar-refractivity contribution in [1.29, 1.82) is 0 Å². The molecule has 1 aliphatic carbocycles. The van der Waals surface area contributed by atoms with E-state index in [4.69, 9.17) is 0 Å². The third-order valence-electron chi connectivity index (χ3n) is 3.69. The second kappa shape index (κ2) is 5.66. The molecule has 0 bridgehead atoms. The number of allylic oxidation sites excluding steroid dienone is 1. The fourth-order valence-electron chi connectivity index (χ4n) is 2.62. The summed E-state index contributed by atoms with van der Waals surface area (Å²) in [7, 11) is 0. The summed E-state index contributed by atoms with van der Waals surface area (Å²) in [5, 5.41) is 3.67. The SMILES string of the molecule is CC(CNC1C=CCCC1)N1CCCC1. The van der Waals surface area contributed by atoms with Gasteiger partial charge >= 0.3 is 0 Å². The fraction of sp³-hybridized carbons (Fsp3) is 0.846. The Morgan fingerprint density at radius 3 is 2.80 bits per heavy atom. The van der Waals surface area contributed by atoms with Gasteiger partial charge in [-0.1, -0.05) is 12.2 Å². The third kappa shape index (κ3) is 3.32. The first-order valence-corrected chi connectivity index (χ1v) is 6.50. The highest BCUT2D eigenvalue weighted by atomic mass is 15.2. The van der Waals surface area contributed by atoms with E-state index in [2.05, 4.69) is 29.3 Å². The molecule has 1 fully saturated rings. The van der Waals surface area contributed by atoms with Crippen LogP contribution in [0.5, 0.6) is 0 Å². The van der Waals surface area contributed by atoms with E-state index in [1.165, 1.54) is 45.2 Å². The standard InChI is InChI=1S/C13H24N2/c1-12(15-9-5-6-10-15)11-14-13-7-3-2-4-8-13/h3,7,12-14H,2,4-6,8-11H2,1H3. The van der Waals surface area contributed by atoms with Gasteiger partial charge in [0.05, 0.1) is 0 Å². The summed E-state index contributed by atoms with van der Waals surface area (Å²) < 4.78 is 0. The van der Waals surface area contributed by atoms with Crippen LogP contribution in [0.15, 0.2) is 12.2 Å². The first-order chi connectivity index (χ1) is 7.36. The second-order valence-corrected chi connectivity index (χ2v) is 4.97. The first-order valence-electron chi connectivity index (χ1n) is 6.50. The van der Waals surface area contributed by atoms with Gasteiger partial charge in [-0.25, -0.2) is 0 Å². The average Bonchev–Trinajstić information content (AvgIpc) is 2.81. The highest BCUT2D eigenvalue weighted by Gasteiger charge is 2.18. The van der Waals surface area contributed by atoms with Crippen molar-refractivity contribution in [3.8, 4) is 0 Å². The Morgan fingerprint density at radius 2 is 2.13 bits per heavy atom. The zero-order valence-corrected chi connectivity index (χ0v) is 9.91. The quantitative estimate of drug-likeness (QED) is 0.712. The number of nitrogens with zero attached hydrogens (tertiary/aromatic N) is 1. The van der Waals surface area contributed by atoms with Crippen molar-refractivity contribution in [3.05, 3.63) is 12.2 Å². The smallest absolute Gasteiger partial charge is 0.0250 e. The van der Waals surface area contributed by atoms with Crippen molar-refractivity contribution >= 4 is 0 Å². The van der Waals surface area contributed by atoms with E-state index in [1.807, 2.05) is 0 Å². The molecule has 0 aromatic heterocycles. The molecule has 1 aliphatic heterocycles. The monoisotopic (exact) mass is 208 g/mol. The molecule has 0 saturated carbocycles. The Labute approximate surface area is 93.7 Å². The van der Waals surface area contributed by atoms with Gasteiger partial charge in [0, 0.05) is 18.6 Å². The summed E-state index contributed by atoms with van der Waals surface area (Å²) in [4.78, 5) is 2.61. The number of hydrogen-bond acceptors (Lipinski definition) is 2. The average molecular weight is 208 g/mol. The lowest BCUT2D eigenvalue weighted by atomic mass is 10.0. The lowest BCUT2D eigenvalue weighted by Gasteiger charge is -2.26. The van der Waals surface area contributed by atoms with Crippen LogP contribution in [0.25, 0.3) is 0 Å². The zero-order chi connectivity index (χ0) is 10.5. The molecule has 15 heavy (non-hydrogen) atoms. The Hall–Kier alpha value is -0.340. The fourth-order valence-corrected chi connectivity index (χ4v) is 2.62. The van der Waals surface area contributed by atoms with E-state index in [9.17, 15) is 0 Å². The maximum atomic E-state index is 3.67. The molecule has 2 aliphatic rings. The minimum Gasteiger partial charge on any atom is -0.309 e. The summed E-state index contributed by atoms with van der Waals surface area (Å²) in [5.41, 5.74) is 0. The van der Waals surface area contributed by atoms with Crippen LogP contribution < -0.4 is 5.32 Å². The number of rotatable bonds is 4. The van der Waals surface area contributed by atoms with Gasteiger partial charge in [-0.05, 0) is 52.1 Å². The van der Waals surface area contributed by atoms with E-state index >= 15 is 0 Å². The van der Waals surface area contributed by atoms with E-state index in [-0.39, 0.29) is 0 Å². The first kappa shape index (κ1) is 11.2. The van der Waals surface area contributed by atoms with Crippen molar-refractivity contribution in [2.75, 3.05) is 19.6 Å². The molecule has 2 rings (SSSR count). The minimum absolute atomic E-state index is 0.642. The van der Waals surface area contributed by atoms with Crippen LogP contribution in [0.1, 0.15) is 39.0 Å². The van der Waals surface area contributed by atoms with Crippen molar-refractivity contribution < 1.29 is 0 Å². The molecule has 1 heterocycles. The van der Waals surface area contributed by atoms with Gasteiger partial charge in [0.1, 0.15) is 0 Å². The highest BCUT2D eigenvalue weighted by molar-refractivity contribution is 4.97. The molecule has 2 unspecified atom stereocenters. The topological polar surface area (TPSA) is 15.3 Å². The van der Waals surface area contributed by atoms with Gasteiger partial charge in [-0.15, -0.1) is 0 Å². The molecule has 86 valence electrons. The molecular weight excluding hydrogens is 184 g/mol. The lowest BCUT2D eigenvalue weighted by molar-refractivity contribution is 0.247. The molecule has 0 spiro atoms. The molecule has 0 amide bonds. The summed E-state index contributed by atoms with van der Waals surface area (Å²) in [6, 6.07) is 1.35. The van der Waals surface area contributed by atoms with Crippen LogP contribution in [-0.2, 0) is 0 Å². The van der Waals surface area contributed by atoms with Crippen LogP contribution in [0.2, 0.25) is 0 Å². The summed E-state index contributed by atoms with van der Waals surface area (Å²) in [6.45, 7) is 6.12. The van der Waals surface area contributed by atoms with Gasteiger partial charge in [0.25, 0.3) is 0 Å². The van der Waals surface area contributed by atoms with Gasteiger partial charge in [-0.3, -0.25) is 4.90 Å². The molecule has 1 saturated heterocycles. The second-order valence-electron chi connectivity index (χ2n) is 4.97. The van der Waals surface area contributed by atoms with Gasteiger partial charge in [0.15, 0.2) is 0 Å². The van der Waals surface area contributed by atoms with Crippen molar-refractivity contribution in [3.63, 3.8) is 0 Å². The van der Waals surface area contributed by atoms with Crippen LogP contribution >= 0.6 is 0 Å². The Kier molecular flexibility index (Phi) is 4.21. The Balaban J connectivity index is 1.67. The molecule has 1 N–H and O–H groups in total. The summed E-state index contributed by atoms with van der Waals surface area (Å²) in [5.74, 6) is 0. The Morgan fingerprint density at radius 1 is 1.33 bits per heavy atom. The molecule has 0 aromatic rings. The molecule has 2 heteroatoms. The highest BCUT2D eigenvalue weighted by Crippen LogP contribution is 2.13. The van der Waals surface area contributed by atoms with Crippen LogP contribution in [-0.4, -0.2) is 36.6 Å². The maximum absolute atomic E-state index is 3.67. The van der Waals surface area contributed by atoms with Gasteiger partial charge in [0.2, 0.25) is 0 Å². The predicted molar refractivity (Wildman–Crippen MR) is 65.1 cm³/mol. The van der Waals surface area contributed by atoms with E-state index in [0.717, 1.165) is 6.54 Å². The number of nitrogens with one attached hydrogen (secondary N) is 1. The number of hydrogen-bond donors (Lipinski definition) is 1. The molecular formula is C13H24N2. The maximum Gasteiger partial charge on any atom is 0.0250 e. The lowest BCUT2D eigenvalue weighted by Crippen LogP contribution is -2.42.